The lowest BCUT2D eigenvalue weighted by Gasteiger charge is -2.31. The Balaban J connectivity index is 1.80. The Hall–Kier alpha value is -1.39. The van der Waals surface area contributed by atoms with Crippen molar-refractivity contribution >= 4 is 23.4 Å². The molecule has 2 fully saturated rings. The lowest BCUT2D eigenvalue weighted by atomic mass is 9.79. The van der Waals surface area contributed by atoms with Crippen molar-refractivity contribution < 1.29 is 9.59 Å². The third-order valence-corrected chi connectivity index (χ3v) is 4.43. The van der Waals surface area contributed by atoms with Crippen LogP contribution in [0.25, 0.3) is 0 Å². The minimum Gasteiger partial charge on any atom is -0.316 e. The molecule has 0 saturated carbocycles. The van der Waals surface area contributed by atoms with Gasteiger partial charge in [-0.3, -0.25) is 14.5 Å². The molecule has 1 N–H and O–H groups in total. The number of carbonyl (C=O) groups excluding carboxylic acids is 2. The van der Waals surface area contributed by atoms with Crippen LogP contribution in [0.2, 0.25) is 5.02 Å². The van der Waals surface area contributed by atoms with E-state index in [9.17, 15) is 9.59 Å². The molecule has 1 atom stereocenters. The van der Waals surface area contributed by atoms with Crippen molar-refractivity contribution in [3.8, 4) is 0 Å². The Morgan fingerprint density at radius 2 is 2.20 bits per heavy atom. The maximum Gasteiger partial charge on any atom is 0.237 e. The van der Waals surface area contributed by atoms with Crippen LogP contribution in [0.5, 0.6) is 0 Å². The summed E-state index contributed by atoms with van der Waals surface area (Å²) in [6, 6.07) is 7.30. The molecule has 0 aliphatic carbocycles. The summed E-state index contributed by atoms with van der Waals surface area (Å²) in [6.07, 6.45) is 2.08. The number of carbonyl (C=O) groups is 2. The van der Waals surface area contributed by atoms with Gasteiger partial charge in [-0.15, -0.1) is 0 Å². The minimum atomic E-state index is -0.506. The second-order valence-electron chi connectivity index (χ2n) is 5.65. The van der Waals surface area contributed by atoms with Gasteiger partial charge in [0.05, 0.1) is 12.0 Å². The molecule has 5 heteroatoms. The summed E-state index contributed by atoms with van der Waals surface area (Å²) in [5.41, 5.74) is 0.383. The van der Waals surface area contributed by atoms with E-state index in [1.807, 2.05) is 12.1 Å². The molecule has 0 aromatic heterocycles. The number of halogens is 1. The molecule has 1 spiro atoms. The van der Waals surface area contributed by atoms with E-state index in [0.717, 1.165) is 24.9 Å². The largest absolute Gasteiger partial charge is 0.316 e. The monoisotopic (exact) mass is 292 g/mol. The molecule has 2 saturated heterocycles. The number of nitrogens with zero attached hydrogens (tertiary/aromatic N) is 1. The molecule has 2 heterocycles. The number of nitrogens with one attached hydrogen (secondary N) is 1. The average Bonchev–Trinajstić information content (AvgIpc) is 2.64. The lowest BCUT2D eigenvalue weighted by molar-refractivity contribution is -0.142. The van der Waals surface area contributed by atoms with E-state index in [1.165, 1.54) is 4.90 Å². The van der Waals surface area contributed by atoms with E-state index in [1.54, 1.807) is 12.1 Å². The molecule has 1 unspecified atom stereocenters. The first-order valence-electron chi connectivity index (χ1n) is 6.91. The number of piperidine rings is 1. The standard InChI is InChI=1S/C15H17ClN2O2/c16-12-4-1-3-11(7-12)9-18-13(19)8-15(14(18)20)5-2-6-17-10-15/h1,3-4,7,17H,2,5-6,8-10H2. The van der Waals surface area contributed by atoms with Crippen molar-refractivity contribution in [2.24, 2.45) is 5.41 Å². The van der Waals surface area contributed by atoms with Gasteiger partial charge in [0, 0.05) is 18.0 Å². The summed E-state index contributed by atoms with van der Waals surface area (Å²) in [6.45, 7) is 1.86. The number of benzene rings is 1. The van der Waals surface area contributed by atoms with Gasteiger partial charge in [-0.05, 0) is 37.1 Å². The molecule has 0 bridgehead atoms. The third-order valence-electron chi connectivity index (χ3n) is 4.19. The van der Waals surface area contributed by atoms with Gasteiger partial charge in [-0.1, -0.05) is 23.7 Å². The highest BCUT2D eigenvalue weighted by Crippen LogP contribution is 2.39. The molecule has 2 amide bonds. The molecule has 1 aromatic carbocycles. The first-order chi connectivity index (χ1) is 9.61. The van der Waals surface area contributed by atoms with E-state index >= 15 is 0 Å². The highest BCUT2D eigenvalue weighted by Gasteiger charge is 2.51. The summed E-state index contributed by atoms with van der Waals surface area (Å²) in [5.74, 6) is -0.103. The van der Waals surface area contributed by atoms with E-state index in [-0.39, 0.29) is 11.8 Å². The molecule has 1 aromatic rings. The number of hydrogen-bond donors (Lipinski definition) is 1. The van der Waals surface area contributed by atoms with Crippen LogP contribution in [0.1, 0.15) is 24.8 Å². The van der Waals surface area contributed by atoms with Crippen molar-refractivity contribution in [3.63, 3.8) is 0 Å². The fourth-order valence-corrected chi connectivity index (χ4v) is 3.35. The molecule has 106 valence electrons. The molecule has 20 heavy (non-hydrogen) atoms. The fraction of sp³-hybridized carbons (Fsp3) is 0.467. The second kappa shape index (κ2) is 5.19. The Labute approximate surface area is 123 Å². The van der Waals surface area contributed by atoms with Crippen LogP contribution in [-0.2, 0) is 16.1 Å². The smallest absolute Gasteiger partial charge is 0.237 e. The van der Waals surface area contributed by atoms with Crippen molar-refractivity contribution in [1.82, 2.24) is 10.2 Å². The second-order valence-corrected chi connectivity index (χ2v) is 6.09. The number of rotatable bonds is 2. The molecular weight excluding hydrogens is 276 g/mol. The van der Waals surface area contributed by atoms with Gasteiger partial charge < -0.3 is 5.32 Å². The van der Waals surface area contributed by atoms with Crippen molar-refractivity contribution in [2.75, 3.05) is 13.1 Å². The highest BCUT2D eigenvalue weighted by atomic mass is 35.5. The van der Waals surface area contributed by atoms with Crippen molar-refractivity contribution in [1.29, 1.82) is 0 Å². The molecular formula is C15H17ClN2O2. The van der Waals surface area contributed by atoms with Crippen LogP contribution < -0.4 is 5.32 Å². The maximum absolute atomic E-state index is 12.6. The Morgan fingerprint density at radius 3 is 2.90 bits per heavy atom. The Morgan fingerprint density at radius 1 is 1.35 bits per heavy atom. The highest BCUT2D eigenvalue weighted by molar-refractivity contribution is 6.30. The van der Waals surface area contributed by atoms with Gasteiger partial charge >= 0.3 is 0 Å². The van der Waals surface area contributed by atoms with Crippen LogP contribution >= 0.6 is 11.6 Å². The van der Waals surface area contributed by atoms with Crippen LogP contribution in [-0.4, -0.2) is 29.8 Å². The lowest BCUT2D eigenvalue weighted by Crippen LogP contribution is -2.45. The summed E-state index contributed by atoms with van der Waals surface area (Å²) < 4.78 is 0. The fourth-order valence-electron chi connectivity index (χ4n) is 3.14. The molecule has 3 rings (SSSR count). The van der Waals surface area contributed by atoms with E-state index < -0.39 is 5.41 Å². The summed E-state index contributed by atoms with van der Waals surface area (Å²) in [7, 11) is 0. The van der Waals surface area contributed by atoms with Crippen molar-refractivity contribution in [2.45, 2.75) is 25.8 Å². The SMILES string of the molecule is O=C1CC2(CCCNC2)C(=O)N1Cc1cccc(Cl)c1. The van der Waals surface area contributed by atoms with Crippen LogP contribution in [0.15, 0.2) is 24.3 Å². The number of hydrogen-bond acceptors (Lipinski definition) is 3. The molecule has 0 radical (unpaired) electrons. The molecule has 2 aliphatic heterocycles. The normalized spacial score (nSPS) is 26.6. The molecule has 2 aliphatic rings. The third kappa shape index (κ3) is 2.34. The van der Waals surface area contributed by atoms with Crippen LogP contribution in [0.4, 0.5) is 0 Å². The predicted molar refractivity (Wildman–Crippen MR) is 76.2 cm³/mol. The molecule has 4 nitrogen and oxygen atoms in total. The van der Waals surface area contributed by atoms with E-state index in [4.69, 9.17) is 11.6 Å². The Bertz CT molecular complexity index is 553. The van der Waals surface area contributed by atoms with Crippen molar-refractivity contribution in [3.05, 3.63) is 34.9 Å². The van der Waals surface area contributed by atoms with Gasteiger partial charge in [0.1, 0.15) is 0 Å². The maximum atomic E-state index is 12.6. The zero-order valence-electron chi connectivity index (χ0n) is 11.2. The average molecular weight is 293 g/mol. The zero-order chi connectivity index (χ0) is 14.2. The van der Waals surface area contributed by atoms with Crippen LogP contribution in [0, 0.1) is 5.41 Å². The first kappa shape index (κ1) is 13.6. The van der Waals surface area contributed by atoms with Gasteiger partial charge in [0.25, 0.3) is 0 Å². The number of amides is 2. The summed E-state index contributed by atoms with van der Waals surface area (Å²) in [5, 5.41) is 3.86. The summed E-state index contributed by atoms with van der Waals surface area (Å²) >= 11 is 5.95. The minimum absolute atomic E-state index is 0.0327. The summed E-state index contributed by atoms with van der Waals surface area (Å²) in [4.78, 5) is 26.2. The van der Waals surface area contributed by atoms with Gasteiger partial charge in [-0.25, -0.2) is 0 Å². The predicted octanol–water partition coefficient (Wildman–Crippen LogP) is 1.97. The topological polar surface area (TPSA) is 49.4 Å². The Kier molecular flexibility index (Phi) is 3.52. The van der Waals surface area contributed by atoms with E-state index in [2.05, 4.69) is 5.32 Å². The zero-order valence-corrected chi connectivity index (χ0v) is 11.9. The first-order valence-corrected chi connectivity index (χ1v) is 7.28. The van der Waals surface area contributed by atoms with Crippen LogP contribution in [0.3, 0.4) is 0 Å². The van der Waals surface area contributed by atoms with Gasteiger partial charge in [-0.2, -0.15) is 0 Å². The number of imide groups is 1. The van der Waals surface area contributed by atoms with Gasteiger partial charge in [0.2, 0.25) is 11.8 Å². The van der Waals surface area contributed by atoms with E-state index in [0.29, 0.717) is 24.5 Å². The van der Waals surface area contributed by atoms with Gasteiger partial charge in [0.15, 0.2) is 0 Å². The quantitative estimate of drug-likeness (QED) is 0.848. The number of likely N-dealkylation sites (tertiary alicyclic amines) is 1.